The predicted molar refractivity (Wildman–Crippen MR) is 84.5 cm³/mol. The van der Waals surface area contributed by atoms with E-state index in [1.165, 1.54) is 28.0 Å². The minimum Gasteiger partial charge on any atom is -0.461 e. The fourth-order valence-electron chi connectivity index (χ4n) is 1.72. The second-order valence-corrected chi connectivity index (χ2v) is 6.71. The van der Waals surface area contributed by atoms with Crippen molar-refractivity contribution in [3.8, 4) is 0 Å². The lowest BCUT2D eigenvalue weighted by atomic mass is 10.3. The molecule has 0 aliphatic rings. The number of esters is 1. The summed E-state index contributed by atoms with van der Waals surface area (Å²) >= 11 is 2.87. The summed E-state index contributed by atoms with van der Waals surface area (Å²) in [6.45, 7) is 6.06. The maximum atomic E-state index is 11.8. The van der Waals surface area contributed by atoms with Gasteiger partial charge in [0, 0.05) is 16.7 Å². The molecule has 5 nitrogen and oxygen atoms in total. The smallest absolute Gasteiger partial charge is 0.358 e. The Balaban J connectivity index is 2.15. The number of nitrogens with one attached hydrogen (secondary N) is 1. The van der Waals surface area contributed by atoms with Crippen LogP contribution in [0.3, 0.4) is 0 Å². The van der Waals surface area contributed by atoms with Gasteiger partial charge in [0.2, 0.25) is 0 Å². The lowest BCUT2D eigenvalue weighted by Crippen LogP contribution is -2.09. The van der Waals surface area contributed by atoms with Gasteiger partial charge in [-0.1, -0.05) is 11.3 Å². The van der Waals surface area contributed by atoms with Crippen LogP contribution in [0.4, 0.5) is 5.13 Å². The highest BCUT2D eigenvalue weighted by molar-refractivity contribution is 7.17. The first-order valence-corrected chi connectivity index (χ1v) is 8.12. The van der Waals surface area contributed by atoms with Crippen molar-refractivity contribution in [3.05, 3.63) is 32.5 Å². The van der Waals surface area contributed by atoms with Crippen LogP contribution in [-0.2, 0) is 11.3 Å². The van der Waals surface area contributed by atoms with Crippen LogP contribution in [0.5, 0.6) is 0 Å². The molecule has 112 valence electrons. The molecule has 0 spiro atoms. The van der Waals surface area contributed by atoms with E-state index in [1.807, 2.05) is 13.0 Å². The van der Waals surface area contributed by atoms with E-state index in [9.17, 15) is 9.59 Å². The molecule has 0 amide bonds. The molecule has 2 aromatic heterocycles. The highest BCUT2D eigenvalue weighted by Gasteiger charge is 2.22. The van der Waals surface area contributed by atoms with Crippen molar-refractivity contribution in [2.24, 2.45) is 0 Å². The van der Waals surface area contributed by atoms with Gasteiger partial charge in [0.05, 0.1) is 13.2 Å². The van der Waals surface area contributed by atoms with Crippen LogP contribution in [0.25, 0.3) is 0 Å². The average Bonchev–Trinajstić information content (AvgIpc) is 3.03. The number of hydrogen-bond donors (Lipinski definition) is 1. The SMILES string of the molecule is CCOC(=O)c1nc(NCc2ccc(C)s2)sc1C(C)=O. The van der Waals surface area contributed by atoms with Crippen molar-refractivity contribution >= 4 is 39.6 Å². The molecule has 2 aromatic rings. The number of carbonyl (C=O) groups excluding carboxylic acids is 2. The van der Waals surface area contributed by atoms with Crippen molar-refractivity contribution in [2.75, 3.05) is 11.9 Å². The lowest BCUT2D eigenvalue weighted by molar-refractivity contribution is 0.0517. The van der Waals surface area contributed by atoms with Gasteiger partial charge in [0.15, 0.2) is 16.6 Å². The van der Waals surface area contributed by atoms with E-state index in [2.05, 4.69) is 16.4 Å². The van der Waals surface area contributed by atoms with Crippen molar-refractivity contribution in [1.29, 1.82) is 0 Å². The number of anilines is 1. The number of aromatic nitrogens is 1. The third kappa shape index (κ3) is 3.89. The summed E-state index contributed by atoms with van der Waals surface area (Å²) in [5.74, 6) is -0.741. The van der Waals surface area contributed by atoms with Crippen LogP contribution < -0.4 is 5.32 Å². The lowest BCUT2D eigenvalue weighted by Gasteiger charge is -1.99. The monoisotopic (exact) mass is 324 g/mol. The Bertz CT molecular complexity index is 661. The van der Waals surface area contributed by atoms with Crippen LogP contribution in [0.2, 0.25) is 0 Å². The number of thiophene rings is 1. The fourth-order valence-corrected chi connectivity index (χ4v) is 3.39. The van der Waals surface area contributed by atoms with Gasteiger partial charge in [0.25, 0.3) is 0 Å². The topological polar surface area (TPSA) is 68.3 Å². The molecule has 7 heteroatoms. The van der Waals surface area contributed by atoms with Gasteiger partial charge >= 0.3 is 5.97 Å². The van der Waals surface area contributed by atoms with Gasteiger partial charge in [-0.05, 0) is 26.0 Å². The molecule has 21 heavy (non-hydrogen) atoms. The molecular weight excluding hydrogens is 308 g/mol. The summed E-state index contributed by atoms with van der Waals surface area (Å²) < 4.78 is 4.93. The minimum absolute atomic E-state index is 0.0965. The highest BCUT2D eigenvalue weighted by Crippen LogP contribution is 2.25. The summed E-state index contributed by atoms with van der Waals surface area (Å²) in [5.41, 5.74) is 0.0965. The molecule has 0 aromatic carbocycles. The van der Waals surface area contributed by atoms with Gasteiger partial charge < -0.3 is 10.1 Å². The second-order valence-electron chi connectivity index (χ2n) is 4.34. The number of ketones is 1. The van der Waals surface area contributed by atoms with Gasteiger partial charge in [0.1, 0.15) is 4.88 Å². The molecule has 0 aliphatic heterocycles. The Morgan fingerprint density at radius 3 is 2.67 bits per heavy atom. The van der Waals surface area contributed by atoms with Gasteiger partial charge in [-0.3, -0.25) is 4.79 Å². The molecule has 0 fully saturated rings. The molecule has 0 bridgehead atoms. The zero-order valence-electron chi connectivity index (χ0n) is 12.1. The van der Waals surface area contributed by atoms with E-state index in [0.29, 0.717) is 16.6 Å². The Kier molecular flexibility index (Phi) is 5.08. The van der Waals surface area contributed by atoms with Crippen molar-refractivity contribution in [1.82, 2.24) is 4.98 Å². The molecule has 0 unspecified atom stereocenters. The zero-order chi connectivity index (χ0) is 15.4. The van der Waals surface area contributed by atoms with E-state index in [4.69, 9.17) is 4.74 Å². The third-order valence-corrected chi connectivity index (χ3v) is 4.74. The molecular formula is C14H16N2O3S2. The Morgan fingerprint density at radius 2 is 2.10 bits per heavy atom. The van der Waals surface area contributed by atoms with E-state index in [1.54, 1.807) is 18.3 Å². The van der Waals surface area contributed by atoms with E-state index in [-0.39, 0.29) is 18.1 Å². The maximum absolute atomic E-state index is 11.8. The summed E-state index contributed by atoms with van der Waals surface area (Å²) in [6, 6.07) is 4.09. The normalized spacial score (nSPS) is 10.4. The fraction of sp³-hybridized carbons (Fsp3) is 0.357. The van der Waals surface area contributed by atoms with Crippen LogP contribution in [0.15, 0.2) is 12.1 Å². The minimum atomic E-state index is -0.557. The van der Waals surface area contributed by atoms with Crippen molar-refractivity contribution in [2.45, 2.75) is 27.3 Å². The molecule has 0 saturated heterocycles. The molecule has 0 radical (unpaired) electrons. The Hall–Kier alpha value is -1.73. The third-order valence-electron chi connectivity index (χ3n) is 2.63. The zero-order valence-corrected chi connectivity index (χ0v) is 13.7. The maximum Gasteiger partial charge on any atom is 0.358 e. The molecule has 2 rings (SSSR count). The van der Waals surface area contributed by atoms with Crippen molar-refractivity contribution in [3.63, 3.8) is 0 Å². The first-order chi connectivity index (χ1) is 10.0. The van der Waals surface area contributed by atoms with E-state index >= 15 is 0 Å². The first kappa shape index (κ1) is 15.7. The number of rotatable bonds is 6. The summed E-state index contributed by atoms with van der Waals surface area (Å²) in [6.07, 6.45) is 0. The molecule has 2 heterocycles. The summed E-state index contributed by atoms with van der Waals surface area (Å²) in [5, 5.41) is 3.70. The number of aryl methyl sites for hydroxylation is 1. The van der Waals surface area contributed by atoms with Crippen LogP contribution in [0, 0.1) is 6.92 Å². The predicted octanol–water partition coefficient (Wildman–Crippen LogP) is 3.50. The molecule has 0 atom stereocenters. The number of thiazole rings is 1. The quantitative estimate of drug-likeness (QED) is 0.650. The average molecular weight is 324 g/mol. The van der Waals surface area contributed by atoms with E-state index < -0.39 is 5.97 Å². The van der Waals surface area contributed by atoms with Crippen LogP contribution in [0.1, 0.15) is 43.8 Å². The Morgan fingerprint density at radius 1 is 1.33 bits per heavy atom. The molecule has 0 saturated carbocycles. The van der Waals surface area contributed by atoms with E-state index in [0.717, 1.165) is 0 Å². The van der Waals surface area contributed by atoms with Gasteiger partial charge in [-0.25, -0.2) is 9.78 Å². The second kappa shape index (κ2) is 6.82. The summed E-state index contributed by atoms with van der Waals surface area (Å²) in [7, 11) is 0. The molecule has 0 aliphatic carbocycles. The standard InChI is InChI=1S/C14H16N2O3S2/c1-4-19-13(18)11-12(9(3)17)21-14(16-11)15-7-10-6-5-8(2)20-10/h5-6H,4,7H2,1-3H3,(H,15,16). The Labute approximate surface area is 131 Å². The number of Topliss-reactive ketones (excluding diaryl/α,β-unsaturated/α-hetero) is 1. The number of ether oxygens (including phenoxy) is 1. The number of hydrogen-bond acceptors (Lipinski definition) is 7. The number of carbonyl (C=O) groups is 2. The van der Waals surface area contributed by atoms with Gasteiger partial charge in [-0.15, -0.1) is 11.3 Å². The van der Waals surface area contributed by atoms with Crippen LogP contribution >= 0.6 is 22.7 Å². The largest absolute Gasteiger partial charge is 0.461 e. The van der Waals surface area contributed by atoms with Crippen molar-refractivity contribution < 1.29 is 14.3 Å². The molecule has 1 N–H and O–H groups in total. The number of nitrogens with zero attached hydrogens (tertiary/aromatic N) is 1. The van der Waals surface area contributed by atoms with Crippen LogP contribution in [-0.4, -0.2) is 23.3 Å². The highest BCUT2D eigenvalue weighted by atomic mass is 32.1. The van der Waals surface area contributed by atoms with Gasteiger partial charge in [-0.2, -0.15) is 0 Å². The summed E-state index contributed by atoms with van der Waals surface area (Å²) in [4.78, 5) is 30.3. The first-order valence-electron chi connectivity index (χ1n) is 6.49.